The molecule has 0 spiro atoms. The maximum absolute atomic E-state index is 13.0. The minimum Gasteiger partial charge on any atom is -0.396 e. The molecule has 0 aliphatic carbocycles. The summed E-state index contributed by atoms with van der Waals surface area (Å²) in [5, 5.41) is 26.9. The number of thiophene rings is 1. The van der Waals surface area contributed by atoms with Gasteiger partial charge >= 0.3 is 0 Å². The van der Waals surface area contributed by atoms with Crippen molar-refractivity contribution in [3.05, 3.63) is 112 Å². The minimum absolute atomic E-state index is 0.00125. The largest absolute Gasteiger partial charge is 0.396 e. The highest BCUT2D eigenvalue weighted by Crippen LogP contribution is 2.39. The molecule has 10 nitrogen and oxygen atoms in total. The zero-order valence-corrected chi connectivity index (χ0v) is 24.6. The second-order valence-corrected chi connectivity index (χ2v) is 11.7. The monoisotopic (exact) mass is 588 g/mol. The van der Waals surface area contributed by atoms with Crippen LogP contribution < -0.4 is 5.32 Å². The van der Waals surface area contributed by atoms with Crippen LogP contribution in [0.1, 0.15) is 56.0 Å². The van der Waals surface area contributed by atoms with Crippen LogP contribution in [0.5, 0.6) is 0 Å². The number of aliphatic imine (C=N–C) groups is 1. The van der Waals surface area contributed by atoms with E-state index in [4.69, 9.17) is 4.99 Å². The molecule has 0 unspecified atom stereocenters. The third-order valence-corrected chi connectivity index (χ3v) is 8.97. The quantitative estimate of drug-likeness (QED) is 0.265. The maximum Gasteiger partial charge on any atom is 0.261 e. The fraction of sp³-hybridized carbons (Fsp3) is 0.188. The van der Waals surface area contributed by atoms with E-state index in [-0.39, 0.29) is 18.6 Å². The molecule has 2 N–H and O–H groups in total. The summed E-state index contributed by atoms with van der Waals surface area (Å²) in [6.45, 7) is 6.20. The van der Waals surface area contributed by atoms with Crippen molar-refractivity contribution in [2.45, 2.75) is 33.2 Å². The normalized spacial score (nSPS) is 14.2. The Hall–Kier alpha value is -5.00. The summed E-state index contributed by atoms with van der Waals surface area (Å²) in [6, 6.07) is 17.5. The van der Waals surface area contributed by atoms with Gasteiger partial charge in [-0.05, 0) is 55.7 Å². The molecule has 2 aromatic carbocycles. The fourth-order valence-corrected chi connectivity index (χ4v) is 6.70. The Kier molecular flexibility index (Phi) is 6.68. The molecular weight excluding hydrogens is 560 g/mol. The molecule has 5 heterocycles. The first-order chi connectivity index (χ1) is 20.9. The lowest BCUT2D eigenvalue weighted by Gasteiger charge is -2.12. The fourth-order valence-electron chi connectivity index (χ4n) is 5.49. The van der Waals surface area contributed by atoms with Crippen molar-refractivity contribution in [3.8, 4) is 16.1 Å². The number of carbonyl (C=O) groups is 1. The topological polar surface area (TPSA) is 123 Å². The number of nitrogens with one attached hydrogen (secondary N) is 1. The highest BCUT2D eigenvalue weighted by molar-refractivity contribution is 7.15. The first-order valence-corrected chi connectivity index (χ1v) is 14.8. The van der Waals surface area contributed by atoms with Crippen molar-refractivity contribution in [2.24, 2.45) is 4.99 Å². The Morgan fingerprint density at radius 3 is 2.65 bits per heavy atom. The summed E-state index contributed by atoms with van der Waals surface area (Å²) >= 11 is 1.71. The third-order valence-electron chi connectivity index (χ3n) is 7.78. The number of benzene rings is 2. The Bertz CT molecular complexity index is 2040. The summed E-state index contributed by atoms with van der Waals surface area (Å²) in [4.78, 5) is 23.7. The first kappa shape index (κ1) is 26.9. The molecule has 1 aliphatic rings. The highest BCUT2D eigenvalue weighted by atomic mass is 32.1. The van der Waals surface area contributed by atoms with Gasteiger partial charge < -0.3 is 10.4 Å². The Morgan fingerprint density at radius 2 is 1.84 bits per heavy atom. The number of anilines is 1. The molecule has 0 saturated heterocycles. The van der Waals surface area contributed by atoms with Crippen molar-refractivity contribution in [2.75, 3.05) is 11.9 Å². The molecule has 0 saturated carbocycles. The van der Waals surface area contributed by atoms with E-state index < -0.39 is 0 Å². The summed E-state index contributed by atoms with van der Waals surface area (Å²) in [5.41, 5.74) is 7.68. The molecule has 11 heteroatoms. The second-order valence-electron chi connectivity index (χ2n) is 10.5. The molecule has 0 radical (unpaired) electrons. The molecular formula is C32H28N8O2S. The predicted molar refractivity (Wildman–Crippen MR) is 166 cm³/mol. The van der Waals surface area contributed by atoms with E-state index in [0.29, 0.717) is 23.3 Å². The lowest BCUT2D eigenvalue weighted by molar-refractivity contribution is 0.102. The van der Waals surface area contributed by atoms with Gasteiger partial charge in [0, 0.05) is 47.1 Å². The molecule has 7 rings (SSSR count). The van der Waals surface area contributed by atoms with E-state index in [2.05, 4.69) is 68.3 Å². The number of nitrogens with zero attached hydrogens (tertiary/aromatic N) is 7. The molecule has 4 aromatic heterocycles. The van der Waals surface area contributed by atoms with E-state index in [1.165, 1.54) is 16.6 Å². The van der Waals surface area contributed by atoms with Gasteiger partial charge in [0.2, 0.25) is 0 Å². The van der Waals surface area contributed by atoms with E-state index in [0.717, 1.165) is 44.6 Å². The summed E-state index contributed by atoms with van der Waals surface area (Å²) in [7, 11) is 0. The number of aryl methyl sites for hydroxylation is 2. The van der Waals surface area contributed by atoms with Gasteiger partial charge in [0.05, 0.1) is 11.9 Å². The Balaban J connectivity index is 1.21. The Labute approximate surface area is 251 Å². The number of aliphatic hydroxyl groups excluding tert-OH is 1. The molecule has 1 atom stereocenters. The van der Waals surface area contributed by atoms with Crippen LogP contribution in [-0.4, -0.2) is 52.7 Å². The summed E-state index contributed by atoms with van der Waals surface area (Å²) in [6.07, 6.45) is 5.37. The Morgan fingerprint density at radius 1 is 1.02 bits per heavy atom. The third kappa shape index (κ3) is 4.62. The highest BCUT2D eigenvalue weighted by Gasteiger charge is 2.31. The van der Waals surface area contributed by atoms with Gasteiger partial charge in [-0.3, -0.25) is 14.4 Å². The van der Waals surface area contributed by atoms with Gasteiger partial charge in [0.15, 0.2) is 11.5 Å². The lowest BCUT2D eigenvalue weighted by Crippen LogP contribution is -2.12. The van der Waals surface area contributed by atoms with Crippen LogP contribution in [0.25, 0.3) is 21.8 Å². The van der Waals surface area contributed by atoms with Crippen molar-refractivity contribution >= 4 is 34.3 Å². The smallest absolute Gasteiger partial charge is 0.261 e. The number of hydrogen-bond donors (Lipinski definition) is 2. The number of rotatable bonds is 6. The van der Waals surface area contributed by atoms with E-state index in [1.807, 2.05) is 31.2 Å². The molecule has 0 bridgehead atoms. The standard InChI is InChI=1S/C32H28N8O2S/c1-18-19(2)43-32-27(18)28(36-26(12-15-41)30-38-37-20(3)40(30)32)22-10-8-21(9-11-22)23-6-4-7-24(16-23)35-31(42)25-17-34-39-14-5-13-33-29(25)39/h4-11,13-14,16-17,26,41H,12,15H2,1-3H3,(H,35,42)/t26-/m0/s1. The number of amides is 1. The van der Waals surface area contributed by atoms with Crippen LogP contribution in [0, 0.1) is 20.8 Å². The molecule has 43 heavy (non-hydrogen) atoms. The van der Waals surface area contributed by atoms with Crippen molar-refractivity contribution in [1.82, 2.24) is 29.4 Å². The van der Waals surface area contributed by atoms with Crippen LogP contribution >= 0.6 is 11.3 Å². The maximum atomic E-state index is 13.0. The van der Waals surface area contributed by atoms with Gasteiger partial charge in [-0.25, -0.2) is 9.50 Å². The molecule has 214 valence electrons. The summed E-state index contributed by atoms with van der Waals surface area (Å²) < 4.78 is 3.67. The predicted octanol–water partition coefficient (Wildman–Crippen LogP) is 5.49. The van der Waals surface area contributed by atoms with Crippen LogP contribution in [0.2, 0.25) is 0 Å². The zero-order chi connectivity index (χ0) is 29.7. The minimum atomic E-state index is -0.316. The number of carbonyl (C=O) groups excluding carboxylic acids is 1. The van der Waals surface area contributed by atoms with Crippen molar-refractivity contribution < 1.29 is 9.90 Å². The second kappa shape index (κ2) is 10.7. The molecule has 6 aromatic rings. The van der Waals surface area contributed by atoms with E-state index >= 15 is 0 Å². The van der Waals surface area contributed by atoms with Gasteiger partial charge in [-0.15, -0.1) is 21.5 Å². The van der Waals surface area contributed by atoms with Gasteiger partial charge in [-0.2, -0.15) is 5.10 Å². The number of aromatic nitrogens is 6. The van der Waals surface area contributed by atoms with E-state index in [9.17, 15) is 9.90 Å². The SMILES string of the molecule is Cc1sc2c(c1C)C(c1ccc(-c3cccc(NC(=O)c4cnn5cccnc45)c3)cc1)=N[C@@H](CCO)c1nnc(C)n1-2. The lowest BCUT2D eigenvalue weighted by atomic mass is 9.97. The first-order valence-electron chi connectivity index (χ1n) is 13.9. The number of hydrogen-bond acceptors (Lipinski definition) is 8. The molecule has 1 aliphatic heterocycles. The van der Waals surface area contributed by atoms with Gasteiger partial charge in [-0.1, -0.05) is 36.4 Å². The van der Waals surface area contributed by atoms with E-state index in [1.54, 1.807) is 34.3 Å². The van der Waals surface area contributed by atoms with Crippen LogP contribution in [0.4, 0.5) is 5.69 Å². The average molecular weight is 589 g/mol. The number of aliphatic hydroxyl groups is 1. The van der Waals surface area contributed by atoms with Crippen molar-refractivity contribution in [3.63, 3.8) is 0 Å². The zero-order valence-electron chi connectivity index (χ0n) is 23.8. The van der Waals surface area contributed by atoms with Gasteiger partial charge in [0.1, 0.15) is 22.4 Å². The number of fused-ring (bicyclic) bond motifs is 4. The molecule has 0 fully saturated rings. The summed E-state index contributed by atoms with van der Waals surface area (Å²) in [5.74, 6) is 1.28. The van der Waals surface area contributed by atoms with Crippen LogP contribution in [0.3, 0.4) is 0 Å². The van der Waals surface area contributed by atoms with Gasteiger partial charge in [0.25, 0.3) is 5.91 Å². The van der Waals surface area contributed by atoms with Crippen LogP contribution in [0.15, 0.2) is 78.2 Å². The average Bonchev–Trinajstić information content (AvgIpc) is 3.68. The van der Waals surface area contributed by atoms with Crippen LogP contribution in [-0.2, 0) is 0 Å². The molecule has 1 amide bonds. The van der Waals surface area contributed by atoms with Crippen molar-refractivity contribution in [1.29, 1.82) is 0 Å².